The second kappa shape index (κ2) is 6.78. The Kier molecular flexibility index (Phi) is 4.58. The number of hydrogen-bond acceptors (Lipinski definition) is 4. The highest BCUT2D eigenvalue weighted by Gasteiger charge is 2.14. The van der Waals surface area contributed by atoms with Crippen molar-refractivity contribution in [2.75, 3.05) is 6.54 Å². The van der Waals surface area contributed by atoms with Crippen molar-refractivity contribution in [1.82, 2.24) is 15.3 Å². The molecule has 3 nitrogen and oxygen atoms in total. The van der Waals surface area contributed by atoms with Crippen LogP contribution in [0.4, 0.5) is 0 Å². The molecule has 0 bridgehead atoms. The van der Waals surface area contributed by atoms with Crippen molar-refractivity contribution < 1.29 is 0 Å². The Balaban J connectivity index is 1.83. The minimum absolute atomic E-state index is 0.277. The fraction of sp³-hybridized carbons (Fsp3) is 0.294. The summed E-state index contributed by atoms with van der Waals surface area (Å²) in [7, 11) is 0. The van der Waals surface area contributed by atoms with Gasteiger partial charge in [0.15, 0.2) is 0 Å². The molecule has 1 aromatic carbocycles. The van der Waals surface area contributed by atoms with Gasteiger partial charge in [-0.1, -0.05) is 25.1 Å². The Morgan fingerprint density at radius 2 is 2.10 bits per heavy atom. The maximum atomic E-state index is 4.74. The number of rotatable bonds is 6. The number of thiazole rings is 1. The zero-order valence-electron chi connectivity index (χ0n) is 12.1. The van der Waals surface area contributed by atoms with Crippen molar-refractivity contribution >= 4 is 21.6 Å². The van der Waals surface area contributed by atoms with Gasteiger partial charge in [0.25, 0.3) is 0 Å². The van der Waals surface area contributed by atoms with Crippen molar-refractivity contribution in [1.29, 1.82) is 0 Å². The Morgan fingerprint density at radius 3 is 2.86 bits per heavy atom. The van der Waals surface area contributed by atoms with Gasteiger partial charge in [-0.15, -0.1) is 11.3 Å². The molecule has 0 amide bonds. The van der Waals surface area contributed by atoms with Crippen LogP contribution in [0.1, 0.15) is 30.0 Å². The molecular formula is C17H19N3S. The molecule has 0 aliphatic rings. The fourth-order valence-electron chi connectivity index (χ4n) is 2.39. The maximum absolute atomic E-state index is 4.74. The predicted molar refractivity (Wildman–Crippen MR) is 88.6 cm³/mol. The molecule has 3 aromatic rings. The molecule has 108 valence electrons. The lowest BCUT2D eigenvalue weighted by molar-refractivity contribution is 0.527. The van der Waals surface area contributed by atoms with E-state index in [0.29, 0.717) is 0 Å². The Morgan fingerprint density at radius 1 is 1.19 bits per heavy atom. The highest BCUT2D eigenvalue weighted by Crippen LogP contribution is 2.26. The number of fused-ring (bicyclic) bond motifs is 1. The number of nitrogens with one attached hydrogen (secondary N) is 1. The first kappa shape index (κ1) is 14.2. The van der Waals surface area contributed by atoms with Gasteiger partial charge in [-0.2, -0.15) is 0 Å². The molecule has 1 atom stereocenters. The van der Waals surface area contributed by atoms with Crippen LogP contribution in [-0.4, -0.2) is 16.5 Å². The van der Waals surface area contributed by atoms with Crippen LogP contribution in [0.25, 0.3) is 10.2 Å². The van der Waals surface area contributed by atoms with Gasteiger partial charge in [0, 0.05) is 24.9 Å². The lowest BCUT2D eigenvalue weighted by Gasteiger charge is -2.17. The van der Waals surface area contributed by atoms with E-state index in [1.807, 2.05) is 24.5 Å². The van der Waals surface area contributed by atoms with Crippen LogP contribution < -0.4 is 5.32 Å². The summed E-state index contributed by atoms with van der Waals surface area (Å²) < 4.78 is 1.26. The Bertz CT molecular complexity index is 660. The summed E-state index contributed by atoms with van der Waals surface area (Å²) in [5, 5.41) is 4.78. The second-order valence-electron chi connectivity index (χ2n) is 5.07. The molecule has 2 heterocycles. The zero-order chi connectivity index (χ0) is 14.5. The molecule has 0 spiro atoms. The van der Waals surface area contributed by atoms with Crippen molar-refractivity contribution in [3.8, 4) is 0 Å². The van der Waals surface area contributed by atoms with Crippen LogP contribution in [0, 0.1) is 0 Å². The molecule has 0 aliphatic heterocycles. The van der Waals surface area contributed by atoms with Gasteiger partial charge in [0.2, 0.25) is 0 Å². The van der Waals surface area contributed by atoms with Crippen LogP contribution in [0.15, 0.2) is 48.8 Å². The van der Waals surface area contributed by atoms with Gasteiger partial charge in [0.05, 0.1) is 15.2 Å². The number of hydrogen-bond donors (Lipinski definition) is 1. The van der Waals surface area contributed by atoms with Crippen LogP contribution in [-0.2, 0) is 6.42 Å². The van der Waals surface area contributed by atoms with Crippen molar-refractivity contribution in [2.45, 2.75) is 25.8 Å². The summed E-state index contributed by atoms with van der Waals surface area (Å²) in [5.74, 6) is 0. The van der Waals surface area contributed by atoms with Gasteiger partial charge < -0.3 is 5.32 Å². The van der Waals surface area contributed by atoms with E-state index in [0.717, 1.165) is 24.9 Å². The highest BCUT2D eigenvalue weighted by molar-refractivity contribution is 7.18. The molecule has 0 saturated heterocycles. The number of pyridine rings is 1. The average Bonchev–Trinajstić information content (AvgIpc) is 2.94. The average molecular weight is 297 g/mol. The number of para-hydroxylation sites is 1. The normalized spacial score (nSPS) is 12.6. The minimum Gasteiger partial charge on any atom is -0.310 e. The summed E-state index contributed by atoms with van der Waals surface area (Å²) in [6, 6.07) is 12.7. The summed E-state index contributed by atoms with van der Waals surface area (Å²) in [5.41, 5.74) is 2.32. The molecular weight excluding hydrogens is 278 g/mol. The lowest BCUT2D eigenvalue weighted by Crippen LogP contribution is -2.24. The second-order valence-corrected chi connectivity index (χ2v) is 6.19. The maximum Gasteiger partial charge on any atom is 0.0957 e. The van der Waals surface area contributed by atoms with E-state index < -0.39 is 0 Å². The van der Waals surface area contributed by atoms with Crippen molar-refractivity contribution in [3.05, 3.63) is 59.4 Å². The summed E-state index contributed by atoms with van der Waals surface area (Å²) in [4.78, 5) is 8.99. The topological polar surface area (TPSA) is 37.8 Å². The molecule has 0 radical (unpaired) electrons. The van der Waals surface area contributed by atoms with Crippen molar-refractivity contribution in [3.63, 3.8) is 0 Å². The molecule has 0 saturated carbocycles. The van der Waals surface area contributed by atoms with E-state index in [1.54, 1.807) is 11.3 Å². The molecule has 2 aromatic heterocycles. The molecule has 1 unspecified atom stereocenters. The van der Waals surface area contributed by atoms with E-state index in [1.165, 1.54) is 15.3 Å². The molecule has 3 rings (SSSR count). The summed E-state index contributed by atoms with van der Waals surface area (Å²) in [6.45, 7) is 3.19. The van der Waals surface area contributed by atoms with Crippen LogP contribution in [0.5, 0.6) is 0 Å². The zero-order valence-corrected chi connectivity index (χ0v) is 12.9. The number of benzene rings is 1. The largest absolute Gasteiger partial charge is 0.310 e. The highest BCUT2D eigenvalue weighted by atomic mass is 32.1. The van der Waals surface area contributed by atoms with Gasteiger partial charge in [-0.3, -0.25) is 4.98 Å². The van der Waals surface area contributed by atoms with Gasteiger partial charge in [-0.05, 0) is 36.7 Å². The van der Waals surface area contributed by atoms with Crippen LogP contribution >= 0.6 is 11.3 Å². The summed E-state index contributed by atoms with van der Waals surface area (Å²) in [6.07, 6.45) is 5.79. The van der Waals surface area contributed by atoms with Gasteiger partial charge in [0.1, 0.15) is 0 Å². The number of aromatic nitrogens is 2. The first-order valence-electron chi connectivity index (χ1n) is 7.34. The van der Waals surface area contributed by atoms with Gasteiger partial charge in [-0.25, -0.2) is 4.98 Å². The van der Waals surface area contributed by atoms with E-state index in [9.17, 15) is 0 Å². The minimum atomic E-state index is 0.277. The first-order valence-corrected chi connectivity index (χ1v) is 8.16. The van der Waals surface area contributed by atoms with E-state index in [4.69, 9.17) is 4.98 Å². The molecule has 0 fully saturated rings. The quantitative estimate of drug-likeness (QED) is 0.748. The fourth-order valence-corrected chi connectivity index (χ4v) is 3.40. The van der Waals surface area contributed by atoms with Crippen molar-refractivity contribution in [2.24, 2.45) is 0 Å². The molecule has 21 heavy (non-hydrogen) atoms. The molecule has 1 N–H and O–H groups in total. The summed E-state index contributed by atoms with van der Waals surface area (Å²) >= 11 is 1.78. The first-order chi connectivity index (χ1) is 10.4. The van der Waals surface area contributed by atoms with E-state index in [2.05, 4.69) is 41.5 Å². The standard InChI is InChI=1S/C17H19N3S/c1-2-9-19-15(13-6-5-10-18-12-13)11-17-20-14-7-3-4-8-16(14)21-17/h3-8,10,12,15,19H,2,9,11H2,1H3. The van der Waals surface area contributed by atoms with E-state index >= 15 is 0 Å². The Hall–Kier alpha value is -1.78. The predicted octanol–water partition coefficient (Wildman–Crippen LogP) is 3.97. The SMILES string of the molecule is CCCNC(Cc1nc2ccccc2s1)c1cccnc1. The molecule has 0 aliphatic carbocycles. The Labute approximate surface area is 129 Å². The third-order valence-corrected chi connectivity index (χ3v) is 4.50. The van der Waals surface area contributed by atoms with Crippen LogP contribution in [0.3, 0.4) is 0 Å². The third-order valence-electron chi connectivity index (χ3n) is 3.44. The van der Waals surface area contributed by atoms with Crippen LogP contribution in [0.2, 0.25) is 0 Å². The number of nitrogens with zero attached hydrogens (tertiary/aromatic N) is 2. The lowest BCUT2D eigenvalue weighted by atomic mass is 10.1. The third kappa shape index (κ3) is 3.46. The van der Waals surface area contributed by atoms with Gasteiger partial charge >= 0.3 is 0 Å². The van der Waals surface area contributed by atoms with E-state index in [-0.39, 0.29) is 6.04 Å². The smallest absolute Gasteiger partial charge is 0.0957 e. The monoisotopic (exact) mass is 297 g/mol. The molecule has 4 heteroatoms.